The maximum absolute atomic E-state index is 12.8. The van der Waals surface area contributed by atoms with Crippen molar-refractivity contribution < 1.29 is 18.0 Å². The average Bonchev–Trinajstić information content (AvgIpc) is 2.66. The van der Waals surface area contributed by atoms with Gasteiger partial charge in [0.25, 0.3) is 11.5 Å². The first-order valence-electron chi connectivity index (χ1n) is 8.26. The molecule has 29 heavy (non-hydrogen) atoms. The van der Waals surface area contributed by atoms with Crippen LogP contribution in [0.25, 0.3) is 0 Å². The fraction of sp³-hybridized carbons (Fsp3) is 0.100. The second-order valence-electron chi connectivity index (χ2n) is 6.17. The number of anilines is 1. The topological polar surface area (TPSA) is 51.1 Å². The van der Waals surface area contributed by atoms with Gasteiger partial charge in [-0.15, -0.1) is 0 Å². The molecule has 1 amide bonds. The van der Waals surface area contributed by atoms with E-state index in [-0.39, 0.29) is 23.4 Å². The second kappa shape index (κ2) is 8.31. The number of alkyl halides is 3. The van der Waals surface area contributed by atoms with E-state index in [4.69, 9.17) is 23.2 Å². The second-order valence-corrected chi connectivity index (χ2v) is 6.98. The minimum Gasteiger partial charge on any atom is -0.322 e. The minimum absolute atomic E-state index is 0.00735. The summed E-state index contributed by atoms with van der Waals surface area (Å²) in [6, 6.07) is 11.7. The largest absolute Gasteiger partial charge is 0.416 e. The van der Waals surface area contributed by atoms with Crippen molar-refractivity contribution >= 4 is 34.8 Å². The minimum atomic E-state index is -4.52. The Morgan fingerprint density at radius 2 is 1.76 bits per heavy atom. The molecule has 0 unspecified atom stereocenters. The van der Waals surface area contributed by atoms with Crippen LogP contribution >= 0.6 is 23.2 Å². The predicted molar refractivity (Wildman–Crippen MR) is 106 cm³/mol. The van der Waals surface area contributed by atoms with Crippen LogP contribution in [0, 0.1) is 0 Å². The van der Waals surface area contributed by atoms with E-state index < -0.39 is 17.6 Å². The maximum Gasteiger partial charge on any atom is 0.416 e. The summed E-state index contributed by atoms with van der Waals surface area (Å²) in [5.41, 5.74) is -0.433. The SMILES string of the molecule is O=C(Nc1cccc(C(F)(F)F)c1)c1ccc(=O)n(Cc2ccc(Cl)c(Cl)c2)c1. The molecule has 0 radical (unpaired) electrons. The van der Waals surface area contributed by atoms with Gasteiger partial charge in [-0.1, -0.05) is 35.3 Å². The summed E-state index contributed by atoms with van der Waals surface area (Å²) < 4.78 is 39.7. The number of carbonyl (C=O) groups is 1. The summed E-state index contributed by atoms with van der Waals surface area (Å²) in [5.74, 6) is -0.646. The molecule has 0 saturated heterocycles. The smallest absolute Gasteiger partial charge is 0.322 e. The van der Waals surface area contributed by atoms with Crippen molar-refractivity contribution in [1.29, 1.82) is 0 Å². The third kappa shape index (κ3) is 5.19. The number of hydrogen-bond acceptors (Lipinski definition) is 2. The monoisotopic (exact) mass is 440 g/mol. The molecule has 0 atom stereocenters. The molecule has 4 nitrogen and oxygen atoms in total. The fourth-order valence-electron chi connectivity index (χ4n) is 2.60. The molecule has 0 spiro atoms. The molecule has 0 aliphatic carbocycles. The highest BCUT2D eigenvalue weighted by Crippen LogP contribution is 2.30. The highest BCUT2D eigenvalue weighted by molar-refractivity contribution is 6.42. The lowest BCUT2D eigenvalue weighted by molar-refractivity contribution is -0.137. The van der Waals surface area contributed by atoms with Gasteiger partial charge in [-0.3, -0.25) is 9.59 Å². The molecular formula is C20H13Cl2F3N2O2. The highest BCUT2D eigenvalue weighted by Gasteiger charge is 2.30. The standard InChI is InChI=1S/C20H13Cl2F3N2O2/c21-16-6-4-12(8-17(16)22)10-27-11-13(5-7-18(27)28)19(29)26-15-3-1-2-14(9-15)20(23,24)25/h1-9,11H,10H2,(H,26,29). The summed E-state index contributed by atoms with van der Waals surface area (Å²) in [6.45, 7) is 0.139. The highest BCUT2D eigenvalue weighted by atomic mass is 35.5. The van der Waals surface area contributed by atoms with Gasteiger partial charge in [-0.05, 0) is 42.0 Å². The van der Waals surface area contributed by atoms with Gasteiger partial charge in [0.15, 0.2) is 0 Å². The van der Waals surface area contributed by atoms with Crippen LogP contribution in [0.1, 0.15) is 21.5 Å². The van der Waals surface area contributed by atoms with Crippen LogP contribution in [0.5, 0.6) is 0 Å². The number of nitrogens with one attached hydrogen (secondary N) is 1. The molecule has 0 aliphatic heterocycles. The fourth-order valence-corrected chi connectivity index (χ4v) is 2.92. The molecule has 1 heterocycles. The van der Waals surface area contributed by atoms with Crippen molar-refractivity contribution in [3.05, 3.63) is 97.9 Å². The van der Waals surface area contributed by atoms with Crippen molar-refractivity contribution in [2.24, 2.45) is 0 Å². The summed E-state index contributed by atoms with van der Waals surface area (Å²) in [4.78, 5) is 24.6. The lowest BCUT2D eigenvalue weighted by atomic mass is 10.2. The molecule has 2 aromatic carbocycles. The van der Waals surface area contributed by atoms with Crippen molar-refractivity contribution in [2.45, 2.75) is 12.7 Å². The van der Waals surface area contributed by atoms with Gasteiger partial charge in [0, 0.05) is 18.0 Å². The van der Waals surface area contributed by atoms with Crippen LogP contribution in [-0.2, 0) is 12.7 Å². The number of halogens is 5. The Morgan fingerprint density at radius 1 is 1.00 bits per heavy atom. The van der Waals surface area contributed by atoms with Crippen molar-refractivity contribution in [2.75, 3.05) is 5.32 Å². The predicted octanol–water partition coefficient (Wildman–Crippen LogP) is 5.47. The number of pyridine rings is 1. The number of carbonyl (C=O) groups excluding carboxylic acids is 1. The lowest BCUT2D eigenvalue weighted by Crippen LogP contribution is -2.22. The molecule has 0 fully saturated rings. The van der Waals surface area contributed by atoms with Crippen LogP contribution < -0.4 is 10.9 Å². The Balaban J connectivity index is 1.82. The number of aromatic nitrogens is 1. The van der Waals surface area contributed by atoms with Crippen molar-refractivity contribution in [3.8, 4) is 0 Å². The lowest BCUT2D eigenvalue weighted by Gasteiger charge is -2.11. The van der Waals surface area contributed by atoms with E-state index in [1.807, 2.05) is 0 Å². The molecule has 0 aliphatic rings. The third-order valence-corrected chi connectivity index (χ3v) is 4.77. The van der Waals surface area contributed by atoms with Crippen LogP contribution in [0.15, 0.2) is 65.6 Å². The molecule has 1 aromatic heterocycles. The van der Waals surface area contributed by atoms with Gasteiger partial charge >= 0.3 is 6.18 Å². The summed E-state index contributed by atoms with van der Waals surface area (Å²) in [7, 11) is 0. The Labute approximate surface area is 173 Å². The van der Waals surface area contributed by atoms with Crippen LogP contribution in [0.2, 0.25) is 10.0 Å². The van der Waals surface area contributed by atoms with Gasteiger partial charge in [0.1, 0.15) is 0 Å². The van der Waals surface area contributed by atoms with Crippen LogP contribution in [0.3, 0.4) is 0 Å². The first-order chi connectivity index (χ1) is 13.6. The summed E-state index contributed by atoms with van der Waals surface area (Å²) in [6.07, 6.45) is -3.19. The number of amides is 1. The zero-order valence-electron chi connectivity index (χ0n) is 14.6. The van der Waals surface area contributed by atoms with Gasteiger partial charge in [0.2, 0.25) is 0 Å². The molecule has 3 rings (SSSR count). The first-order valence-corrected chi connectivity index (χ1v) is 9.02. The maximum atomic E-state index is 12.8. The quantitative estimate of drug-likeness (QED) is 0.584. The van der Waals surface area contributed by atoms with Gasteiger partial charge < -0.3 is 9.88 Å². The van der Waals surface area contributed by atoms with Crippen molar-refractivity contribution in [1.82, 2.24) is 4.57 Å². The van der Waals surface area contributed by atoms with Gasteiger partial charge in [0.05, 0.1) is 27.7 Å². The normalized spacial score (nSPS) is 11.3. The molecule has 9 heteroatoms. The van der Waals surface area contributed by atoms with E-state index in [0.29, 0.717) is 15.6 Å². The first kappa shape index (κ1) is 21.0. The Kier molecular flexibility index (Phi) is 6.00. The van der Waals surface area contributed by atoms with E-state index in [1.165, 1.54) is 35.0 Å². The van der Waals surface area contributed by atoms with E-state index in [1.54, 1.807) is 18.2 Å². The molecular weight excluding hydrogens is 428 g/mol. The third-order valence-electron chi connectivity index (χ3n) is 4.03. The summed E-state index contributed by atoms with van der Waals surface area (Å²) in [5, 5.41) is 3.11. The Hall–Kier alpha value is -2.77. The van der Waals surface area contributed by atoms with E-state index in [9.17, 15) is 22.8 Å². The molecule has 0 bridgehead atoms. The van der Waals surface area contributed by atoms with E-state index in [2.05, 4.69) is 5.32 Å². The van der Waals surface area contributed by atoms with E-state index in [0.717, 1.165) is 12.1 Å². The molecule has 150 valence electrons. The Bertz CT molecular complexity index is 1130. The molecule has 3 aromatic rings. The van der Waals surface area contributed by atoms with Crippen LogP contribution in [-0.4, -0.2) is 10.5 Å². The summed E-state index contributed by atoms with van der Waals surface area (Å²) >= 11 is 11.8. The van der Waals surface area contributed by atoms with Gasteiger partial charge in [-0.2, -0.15) is 13.2 Å². The number of nitrogens with zero attached hydrogens (tertiary/aromatic N) is 1. The zero-order chi connectivity index (χ0) is 21.2. The molecule has 1 N–H and O–H groups in total. The number of rotatable bonds is 4. The molecule has 0 saturated carbocycles. The zero-order valence-corrected chi connectivity index (χ0v) is 16.1. The van der Waals surface area contributed by atoms with Crippen molar-refractivity contribution in [3.63, 3.8) is 0 Å². The van der Waals surface area contributed by atoms with Gasteiger partial charge in [-0.25, -0.2) is 0 Å². The Morgan fingerprint density at radius 3 is 2.45 bits per heavy atom. The van der Waals surface area contributed by atoms with E-state index >= 15 is 0 Å². The number of benzene rings is 2. The number of hydrogen-bond donors (Lipinski definition) is 1. The van der Waals surface area contributed by atoms with Crippen LogP contribution in [0.4, 0.5) is 18.9 Å². The average molecular weight is 441 g/mol.